The molecule has 1 aromatic heterocycles. The number of piperazine rings is 1. The van der Waals surface area contributed by atoms with E-state index in [1.54, 1.807) is 18.2 Å². The molecule has 0 bridgehead atoms. The highest BCUT2D eigenvalue weighted by Crippen LogP contribution is 2.36. The molecular formula is C20H16F3N3O3S. The summed E-state index contributed by atoms with van der Waals surface area (Å²) in [6, 6.07) is 13.9. The van der Waals surface area contributed by atoms with Crippen LogP contribution in [0.2, 0.25) is 0 Å². The second-order valence-corrected chi connectivity index (χ2v) is 8.70. The highest BCUT2D eigenvalue weighted by molar-refractivity contribution is 7.89. The molecule has 2 heterocycles. The number of pyridine rings is 1. The van der Waals surface area contributed by atoms with Crippen LogP contribution in [-0.2, 0) is 21.0 Å². The van der Waals surface area contributed by atoms with Crippen LogP contribution in [0.25, 0.3) is 10.8 Å². The van der Waals surface area contributed by atoms with Gasteiger partial charge in [-0.1, -0.05) is 30.3 Å². The van der Waals surface area contributed by atoms with E-state index < -0.39 is 40.0 Å². The fourth-order valence-electron chi connectivity index (χ4n) is 3.39. The highest BCUT2D eigenvalue weighted by atomic mass is 32.2. The van der Waals surface area contributed by atoms with Crippen molar-refractivity contribution in [2.45, 2.75) is 11.1 Å². The zero-order valence-corrected chi connectivity index (χ0v) is 16.3. The Labute approximate surface area is 170 Å². The van der Waals surface area contributed by atoms with E-state index in [1.807, 2.05) is 12.1 Å². The average Bonchev–Trinajstić information content (AvgIpc) is 2.72. The number of sulfonamides is 1. The summed E-state index contributed by atoms with van der Waals surface area (Å²) in [6.07, 6.45) is -3.52. The second-order valence-electron chi connectivity index (χ2n) is 6.77. The maximum Gasteiger partial charge on any atom is 0.419 e. The Morgan fingerprint density at radius 2 is 1.67 bits per heavy atom. The van der Waals surface area contributed by atoms with Gasteiger partial charge in [0.1, 0.15) is 5.82 Å². The first-order chi connectivity index (χ1) is 14.2. The van der Waals surface area contributed by atoms with Gasteiger partial charge in [-0.05, 0) is 35.0 Å². The molecule has 0 saturated carbocycles. The second kappa shape index (κ2) is 7.37. The number of anilines is 1. The Hall–Kier alpha value is -2.98. The number of fused-ring (bicyclic) bond motifs is 1. The van der Waals surface area contributed by atoms with Crippen LogP contribution in [0, 0.1) is 0 Å². The largest absolute Gasteiger partial charge is 0.419 e. The molecule has 1 aliphatic heterocycles. The first-order valence-electron chi connectivity index (χ1n) is 8.99. The normalized spacial score (nSPS) is 16.2. The van der Waals surface area contributed by atoms with Gasteiger partial charge in [0.15, 0.2) is 0 Å². The zero-order valence-electron chi connectivity index (χ0n) is 15.5. The molecule has 1 amide bonds. The van der Waals surface area contributed by atoms with Gasteiger partial charge in [0.2, 0.25) is 15.9 Å². The predicted octanol–water partition coefficient (Wildman–Crippen LogP) is 3.29. The Morgan fingerprint density at radius 3 is 2.37 bits per heavy atom. The van der Waals surface area contributed by atoms with Crippen molar-refractivity contribution < 1.29 is 26.4 Å². The summed E-state index contributed by atoms with van der Waals surface area (Å²) in [7, 11) is -3.99. The van der Waals surface area contributed by atoms with Crippen LogP contribution < -0.4 is 4.90 Å². The predicted molar refractivity (Wildman–Crippen MR) is 104 cm³/mol. The molecule has 6 nitrogen and oxygen atoms in total. The standard InChI is InChI=1S/C20H16F3N3O3S/c21-20(22,23)17-6-3-9-24-19(17)26-11-10-25(13-18(26)27)30(28,29)16-8-7-14-4-1-2-5-15(14)12-16/h1-9,12H,10-11,13H2. The van der Waals surface area contributed by atoms with Gasteiger partial charge in [-0.3, -0.25) is 9.69 Å². The van der Waals surface area contributed by atoms with Crippen molar-refractivity contribution in [2.75, 3.05) is 24.5 Å². The lowest BCUT2D eigenvalue weighted by Gasteiger charge is -2.34. The van der Waals surface area contributed by atoms with Gasteiger partial charge in [0.05, 0.1) is 17.0 Å². The van der Waals surface area contributed by atoms with Crippen LogP contribution in [0.1, 0.15) is 5.56 Å². The van der Waals surface area contributed by atoms with Gasteiger partial charge < -0.3 is 0 Å². The van der Waals surface area contributed by atoms with Gasteiger partial charge in [0.25, 0.3) is 0 Å². The smallest absolute Gasteiger partial charge is 0.294 e. The number of aromatic nitrogens is 1. The van der Waals surface area contributed by atoms with E-state index in [0.29, 0.717) is 0 Å². The number of amides is 1. The SMILES string of the molecule is O=C1CN(S(=O)(=O)c2ccc3ccccc3c2)CCN1c1ncccc1C(F)(F)F. The summed E-state index contributed by atoms with van der Waals surface area (Å²) in [6.45, 7) is -0.941. The molecule has 3 aromatic rings. The number of rotatable bonds is 3. The number of halogens is 3. The molecule has 0 spiro atoms. The van der Waals surface area contributed by atoms with E-state index in [4.69, 9.17) is 0 Å². The molecule has 30 heavy (non-hydrogen) atoms. The minimum Gasteiger partial charge on any atom is -0.294 e. The number of hydrogen-bond acceptors (Lipinski definition) is 4. The Morgan fingerprint density at radius 1 is 0.933 bits per heavy atom. The van der Waals surface area contributed by atoms with Crippen molar-refractivity contribution in [1.29, 1.82) is 0 Å². The van der Waals surface area contributed by atoms with Crippen molar-refractivity contribution in [1.82, 2.24) is 9.29 Å². The molecule has 4 rings (SSSR count). The van der Waals surface area contributed by atoms with Crippen LogP contribution in [0.3, 0.4) is 0 Å². The molecule has 0 aliphatic carbocycles. The number of nitrogens with zero attached hydrogens (tertiary/aromatic N) is 3. The van der Waals surface area contributed by atoms with Crippen LogP contribution >= 0.6 is 0 Å². The van der Waals surface area contributed by atoms with Crippen molar-refractivity contribution in [3.63, 3.8) is 0 Å². The number of hydrogen-bond donors (Lipinski definition) is 0. The summed E-state index contributed by atoms with van der Waals surface area (Å²) < 4.78 is 66.8. The quantitative estimate of drug-likeness (QED) is 0.633. The average molecular weight is 435 g/mol. The third-order valence-electron chi connectivity index (χ3n) is 4.89. The van der Waals surface area contributed by atoms with Crippen molar-refractivity contribution >= 4 is 32.5 Å². The van der Waals surface area contributed by atoms with E-state index >= 15 is 0 Å². The minimum atomic E-state index is -4.68. The van der Waals surface area contributed by atoms with E-state index in [9.17, 15) is 26.4 Å². The van der Waals surface area contributed by atoms with Gasteiger partial charge in [0, 0.05) is 19.3 Å². The van der Waals surface area contributed by atoms with Gasteiger partial charge in [-0.25, -0.2) is 13.4 Å². The van der Waals surface area contributed by atoms with E-state index in [0.717, 1.165) is 38.3 Å². The lowest BCUT2D eigenvalue weighted by molar-refractivity contribution is -0.137. The molecule has 0 atom stereocenters. The Balaban J connectivity index is 1.61. The maximum atomic E-state index is 13.3. The fraction of sp³-hybridized carbons (Fsp3) is 0.200. The van der Waals surface area contributed by atoms with Crippen LogP contribution in [0.5, 0.6) is 0 Å². The Kier molecular flexibility index (Phi) is 4.99. The summed E-state index contributed by atoms with van der Waals surface area (Å²) in [5, 5.41) is 1.60. The van der Waals surface area contributed by atoms with Crippen molar-refractivity contribution in [3.05, 3.63) is 66.4 Å². The molecule has 1 saturated heterocycles. The molecule has 0 N–H and O–H groups in total. The van der Waals surface area contributed by atoms with Crippen molar-refractivity contribution in [3.8, 4) is 0 Å². The molecule has 156 valence electrons. The van der Waals surface area contributed by atoms with E-state index in [1.165, 1.54) is 12.1 Å². The molecule has 2 aromatic carbocycles. The molecule has 10 heteroatoms. The topological polar surface area (TPSA) is 70.6 Å². The van der Waals surface area contributed by atoms with E-state index in [2.05, 4.69) is 4.98 Å². The lowest BCUT2D eigenvalue weighted by Crippen LogP contribution is -2.52. The third kappa shape index (κ3) is 3.63. The lowest BCUT2D eigenvalue weighted by atomic mass is 10.1. The van der Waals surface area contributed by atoms with Crippen LogP contribution in [0.15, 0.2) is 65.7 Å². The number of alkyl halides is 3. The van der Waals surface area contributed by atoms with Crippen molar-refractivity contribution in [2.24, 2.45) is 0 Å². The molecule has 0 radical (unpaired) electrons. The first-order valence-corrected chi connectivity index (χ1v) is 10.4. The molecule has 1 fully saturated rings. The van der Waals surface area contributed by atoms with Gasteiger partial charge >= 0.3 is 6.18 Å². The number of benzene rings is 2. The summed E-state index contributed by atoms with van der Waals surface area (Å²) in [5.41, 5.74) is -1.04. The maximum absolute atomic E-state index is 13.3. The summed E-state index contributed by atoms with van der Waals surface area (Å²) in [5.74, 6) is -1.28. The monoisotopic (exact) mass is 435 g/mol. The summed E-state index contributed by atoms with van der Waals surface area (Å²) >= 11 is 0. The molecule has 1 aliphatic rings. The number of carbonyl (C=O) groups excluding carboxylic acids is 1. The first kappa shape index (κ1) is 20.3. The molecule has 0 unspecified atom stereocenters. The van der Waals surface area contributed by atoms with Crippen LogP contribution in [0.4, 0.5) is 19.0 Å². The number of carbonyl (C=O) groups is 1. The fourth-order valence-corrected chi connectivity index (χ4v) is 4.81. The minimum absolute atomic E-state index is 0.0243. The van der Waals surface area contributed by atoms with Crippen LogP contribution in [-0.4, -0.2) is 43.2 Å². The van der Waals surface area contributed by atoms with Gasteiger partial charge in [-0.2, -0.15) is 17.5 Å². The van der Waals surface area contributed by atoms with E-state index in [-0.39, 0.29) is 18.0 Å². The molecular weight excluding hydrogens is 419 g/mol. The Bertz CT molecular complexity index is 1230. The van der Waals surface area contributed by atoms with Gasteiger partial charge in [-0.15, -0.1) is 0 Å². The highest BCUT2D eigenvalue weighted by Gasteiger charge is 2.40. The summed E-state index contributed by atoms with van der Waals surface area (Å²) in [4.78, 5) is 17.2. The zero-order chi connectivity index (χ0) is 21.5. The third-order valence-corrected chi connectivity index (χ3v) is 6.73.